The van der Waals surface area contributed by atoms with Gasteiger partial charge in [0.2, 0.25) is 0 Å². The molecule has 3 unspecified atom stereocenters. The fraction of sp³-hybridized carbons (Fsp3) is 0.647. The number of rotatable bonds is 3. The summed E-state index contributed by atoms with van der Waals surface area (Å²) in [6.07, 6.45) is 7.26. The van der Waals surface area contributed by atoms with Crippen molar-refractivity contribution in [2.75, 3.05) is 6.61 Å². The number of ether oxygens (including phenoxy) is 1. The summed E-state index contributed by atoms with van der Waals surface area (Å²) in [4.78, 5) is 0. The Kier molecular flexibility index (Phi) is 3.53. The minimum Gasteiger partial charge on any atom is -0.493 e. The van der Waals surface area contributed by atoms with Crippen LogP contribution in [0.25, 0.3) is 0 Å². The van der Waals surface area contributed by atoms with E-state index in [2.05, 4.69) is 31.2 Å². The van der Waals surface area contributed by atoms with Crippen molar-refractivity contribution in [2.45, 2.75) is 56.9 Å². The van der Waals surface area contributed by atoms with E-state index in [0.29, 0.717) is 5.92 Å². The molecule has 1 fully saturated rings. The average Bonchev–Trinajstić information content (AvgIpc) is 2.81. The molecule has 2 heteroatoms. The Balaban J connectivity index is 1.74. The summed E-state index contributed by atoms with van der Waals surface area (Å²) >= 11 is 0. The molecule has 0 amide bonds. The third-order valence-corrected chi connectivity index (χ3v) is 5.06. The fourth-order valence-corrected chi connectivity index (χ4v) is 3.92. The van der Waals surface area contributed by atoms with Gasteiger partial charge in [0.25, 0.3) is 0 Å². The van der Waals surface area contributed by atoms with Crippen LogP contribution in [-0.2, 0) is 0 Å². The molecular weight excluding hydrogens is 234 g/mol. The van der Waals surface area contributed by atoms with E-state index in [-0.39, 0.29) is 5.54 Å². The summed E-state index contributed by atoms with van der Waals surface area (Å²) < 4.78 is 5.75. The van der Waals surface area contributed by atoms with Crippen molar-refractivity contribution in [1.82, 2.24) is 0 Å². The maximum Gasteiger partial charge on any atom is 0.122 e. The Morgan fingerprint density at radius 2 is 2.16 bits per heavy atom. The Morgan fingerprint density at radius 1 is 1.32 bits per heavy atom. The Morgan fingerprint density at radius 3 is 2.95 bits per heavy atom. The first-order valence-corrected chi connectivity index (χ1v) is 7.71. The highest BCUT2D eigenvalue weighted by atomic mass is 16.5. The molecule has 104 valence electrons. The van der Waals surface area contributed by atoms with Crippen molar-refractivity contribution in [1.29, 1.82) is 0 Å². The van der Waals surface area contributed by atoms with Crippen LogP contribution in [0.2, 0.25) is 0 Å². The number of hydrogen-bond acceptors (Lipinski definition) is 2. The summed E-state index contributed by atoms with van der Waals surface area (Å²) in [5.41, 5.74) is 8.11. The van der Waals surface area contributed by atoms with Crippen molar-refractivity contribution < 1.29 is 4.74 Å². The highest BCUT2D eigenvalue weighted by Gasteiger charge is 2.38. The van der Waals surface area contributed by atoms with Gasteiger partial charge in [0, 0.05) is 5.54 Å². The first-order valence-electron chi connectivity index (χ1n) is 7.71. The minimum absolute atomic E-state index is 0.0653. The molecule has 3 rings (SSSR count). The molecule has 2 N–H and O–H groups in total. The van der Waals surface area contributed by atoms with Gasteiger partial charge >= 0.3 is 0 Å². The molecule has 1 aromatic rings. The van der Waals surface area contributed by atoms with E-state index < -0.39 is 0 Å². The molecule has 1 heterocycles. The second kappa shape index (κ2) is 5.16. The molecule has 19 heavy (non-hydrogen) atoms. The molecule has 0 saturated heterocycles. The number of nitrogens with two attached hydrogens (primary N) is 1. The van der Waals surface area contributed by atoms with E-state index in [0.717, 1.165) is 31.1 Å². The van der Waals surface area contributed by atoms with Gasteiger partial charge in [-0.15, -0.1) is 0 Å². The van der Waals surface area contributed by atoms with Crippen LogP contribution in [0.4, 0.5) is 0 Å². The van der Waals surface area contributed by atoms with E-state index in [4.69, 9.17) is 10.5 Å². The summed E-state index contributed by atoms with van der Waals surface area (Å²) in [6.45, 7) is 3.13. The first-order chi connectivity index (χ1) is 9.20. The normalized spacial score (nSPS) is 33.8. The van der Waals surface area contributed by atoms with Gasteiger partial charge in [0.05, 0.1) is 6.61 Å². The summed E-state index contributed by atoms with van der Waals surface area (Å²) in [5, 5.41) is 0. The summed E-state index contributed by atoms with van der Waals surface area (Å²) in [6, 6.07) is 8.48. The van der Waals surface area contributed by atoms with E-state index in [1.54, 1.807) is 0 Å². The molecular formula is C17H25NO. The topological polar surface area (TPSA) is 35.2 Å². The van der Waals surface area contributed by atoms with Crippen LogP contribution >= 0.6 is 0 Å². The van der Waals surface area contributed by atoms with Crippen LogP contribution in [0.15, 0.2) is 24.3 Å². The molecule has 0 aromatic heterocycles. The highest BCUT2D eigenvalue weighted by Crippen LogP contribution is 2.44. The zero-order valence-corrected chi connectivity index (χ0v) is 11.9. The van der Waals surface area contributed by atoms with Crippen LogP contribution in [0.5, 0.6) is 5.75 Å². The lowest BCUT2D eigenvalue weighted by Gasteiger charge is -2.33. The molecule has 1 aliphatic heterocycles. The number of benzene rings is 1. The van der Waals surface area contributed by atoms with Crippen LogP contribution < -0.4 is 10.5 Å². The Bertz CT molecular complexity index is 445. The molecule has 1 aliphatic carbocycles. The van der Waals surface area contributed by atoms with E-state index >= 15 is 0 Å². The van der Waals surface area contributed by atoms with E-state index in [1.165, 1.54) is 31.2 Å². The van der Waals surface area contributed by atoms with Crippen molar-refractivity contribution in [3.63, 3.8) is 0 Å². The Labute approximate surface area is 116 Å². The number of para-hydroxylation sites is 1. The molecule has 0 bridgehead atoms. The first kappa shape index (κ1) is 13.0. The zero-order chi connectivity index (χ0) is 13.3. The molecule has 3 atom stereocenters. The molecule has 2 nitrogen and oxygen atoms in total. The standard InChI is InChI=1S/C17H25NO/c1-2-13-7-9-17(18,11-13)12-14-8-10-19-16-6-4-3-5-15(14)16/h3-6,13-14H,2,7-12,18H2,1H3. The third-order valence-electron chi connectivity index (χ3n) is 5.06. The van der Waals surface area contributed by atoms with Crippen LogP contribution in [0.1, 0.15) is 56.9 Å². The minimum atomic E-state index is 0.0653. The van der Waals surface area contributed by atoms with Crippen molar-refractivity contribution in [2.24, 2.45) is 11.7 Å². The van der Waals surface area contributed by atoms with Gasteiger partial charge in [-0.05, 0) is 55.6 Å². The maximum absolute atomic E-state index is 6.67. The van der Waals surface area contributed by atoms with Gasteiger partial charge < -0.3 is 10.5 Å². The monoisotopic (exact) mass is 259 g/mol. The van der Waals surface area contributed by atoms with Crippen LogP contribution in [-0.4, -0.2) is 12.1 Å². The second-order valence-corrected chi connectivity index (χ2v) is 6.46. The quantitative estimate of drug-likeness (QED) is 0.895. The zero-order valence-electron chi connectivity index (χ0n) is 11.9. The predicted molar refractivity (Wildman–Crippen MR) is 78.5 cm³/mol. The number of fused-ring (bicyclic) bond motifs is 1. The van der Waals surface area contributed by atoms with Crippen molar-refractivity contribution >= 4 is 0 Å². The SMILES string of the molecule is CCC1CCC(N)(CC2CCOc3ccccc32)C1. The van der Waals surface area contributed by atoms with Crippen molar-refractivity contribution in [3.8, 4) is 5.75 Å². The van der Waals surface area contributed by atoms with Gasteiger partial charge in [0.1, 0.15) is 5.75 Å². The molecule has 1 aromatic carbocycles. The summed E-state index contributed by atoms with van der Waals surface area (Å²) in [5.74, 6) is 2.51. The van der Waals surface area contributed by atoms with E-state index in [1.807, 2.05) is 0 Å². The van der Waals surface area contributed by atoms with Crippen LogP contribution in [0, 0.1) is 5.92 Å². The van der Waals surface area contributed by atoms with Crippen molar-refractivity contribution in [3.05, 3.63) is 29.8 Å². The molecule has 0 radical (unpaired) electrons. The van der Waals surface area contributed by atoms with Gasteiger partial charge in [-0.25, -0.2) is 0 Å². The average molecular weight is 259 g/mol. The lowest BCUT2D eigenvalue weighted by atomic mass is 9.80. The number of hydrogen-bond donors (Lipinski definition) is 1. The third kappa shape index (κ3) is 2.64. The van der Waals surface area contributed by atoms with Gasteiger partial charge in [-0.1, -0.05) is 31.5 Å². The van der Waals surface area contributed by atoms with Gasteiger partial charge in [-0.3, -0.25) is 0 Å². The van der Waals surface area contributed by atoms with E-state index in [9.17, 15) is 0 Å². The molecule has 0 spiro atoms. The molecule has 2 aliphatic rings. The molecule has 1 saturated carbocycles. The maximum atomic E-state index is 6.67. The smallest absolute Gasteiger partial charge is 0.122 e. The Hall–Kier alpha value is -1.02. The van der Waals surface area contributed by atoms with Crippen LogP contribution in [0.3, 0.4) is 0 Å². The highest BCUT2D eigenvalue weighted by molar-refractivity contribution is 5.38. The summed E-state index contributed by atoms with van der Waals surface area (Å²) in [7, 11) is 0. The van der Waals surface area contributed by atoms with Gasteiger partial charge in [-0.2, -0.15) is 0 Å². The lowest BCUT2D eigenvalue weighted by Crippen LogP contribution is -2.39. The predicted octanol–water partition coefficient (Wildman–Crippen LogP) is 3.85. The lowest BCUT2D eigenvalue weighted by molar-refractivity contribution is 0.241. The fourth-order valence-electron chi connectivity index (χ4n) is 3.92. The second-order valence-electron chi connectivity index (χ2n) is 6.46. The van der Waals surface area contributed by atoms with Gasteiger partial charge in [0.15, 0.2) is 0 Å². The largest absolute Gasteiger partial charge is 0.493 e.